The van der Waals surface area contributed by atoms with Crippen LogP contribution in [0, 0.1) is 0 Å². The minimum Gasteiger partial charge on any atom is -0.457 e. The van der Waals surface area contributed by atoms with Gasteiger partial charge in [-0.25, -0.2) is 0 Å². The van der Waals surface area contributed by atoms with E-state index in [1.807, 2.05) is 36.0 Å². The lowest BCUT2D eigenvalue weighted by Crippen LogP contribution is -2.00. The highest BCUT2D eigenvalue weighted by atomic mass is 32.2. The van der Waals surface area contributed by atoms with E-state index in [1.54, 1.807) is 0 Å². The molecule has 0 atom stereocenters. The largest absolute Gasteiger partial charge is 0.457 e. The fraction of sp³-hybridized carbons (Fsp3) is 0.417. The van der Waals surface area contributed by atoms with Crippen molar-refractivity contribution < 1.29 is 14.3 Å². The van der Waals surface area contributed by atoms with E-state index in [0.717, 1.165) is 5.75 Å². The van der Waals surface area contributed by atoms with Crippen molar-refractivity contribution in [2.45, 2.75) is 24.9 Å². The number of benzene rings is 1. The van der Waals surface area contributed by atoms with Gasteiger partial charge in [0.1, 0.15) is 5.75 Å². The van der Waals surface area contributed by atoms with Crippen molar-refractivity contribution in [2.75, 3.05) is 6.79 Å². The van der Waals surface area contributed by atoms with E-state index in [9.17, 15) is 4.79 Å². The summed E-state index contributed by atoms with van der Waals surface area (Å²) in [5.74, 6) is 1.71. The molecular formula is C12H16O3S. The van der Waals surface area contributed by atoms with Crippen LogP contribution in [-0.4, -0.2) is 18.5 Å². The van der Waals surface area contributed by atoms with Gasteiger partial charge in [0.15, 0.2) is 0 Å². The summed E-state index contributed by atoms with van der Waals surface area (Å²) in [6.45, 7) is 4.69. The second-order valence-electron chi connectivity index (χ2n) is 3.53. The monoisotopic (exact) mass is 240 g/mol. The van der Waals surface area contributed by atoms with E-state index in [4.69, 9.17) is 4.74 Å². The van der Waals surface area contributed by atoms with Crippen LogP contribution in [0.15, 0.2) is 24.3 Å². The molecule has 0 saturated carbocycles. The van der Waals surface area contributed by atoms with Crippen molar-refractivity contribution in [1.82, 2.24) is 0 Å². The number of ether oxygens (including phenoxy) is 2. The summed E-state index contributed by atoms with van der Waals surface area (Å²) in [4.78, 5) is 9.89. The first-order chi connectivity index (χ1) is 7.72. The van der Waals surface area contributed by atoms with Gasteiger partial charge in [-0.3, -0.25) is 4.79 Å². The molecule has 0 aliphatic heterocycles. The third kappa shape index (κ3) is 5.07. The molecule has 0 bridgehead atoms. The Morgan fingerprint density at radius 1 is 1.31 bits per heavy atom. The van der Waals surface area contributed by atoms with E-state index in [0.29, 0.717) is 17.5 Å². The van der Waals surface area contributed by atoms with Gasteiger partial charge in [0.05, 0.1) is 0 Å². The Kier molecular flexibility index (Phi) is 5.78. The van der Waals surface area contributed by atoms with Crippen LogP contribution in [0.5, 0.6) is 5.75 Å². The van der Waals surface area contributed by atoms with E-state index < -0.39 is 0 Å². The second-order valence-corrected chi connectivity index (χ2v) is 5.09. The molecule has 0 unspecified atom stereocenters. The lowest BCUT2D eigenvalue weighted by molar-refractivity contribution is -0.134. The van der Waals surface area contributed by atoms with E-state index >= 15 is 0 Å². The van der Waals surface area contributed by atoms with Gasteiger partial charge in [0, 0.05) is 5.75 Å². The van der Waals surface area contributed by atoms with Crippen LogP contribution in [0.4, 0.5) is 0 Å². The Morgan fingerprint density at radius 2 is 2.00 bits per heavy atom. The zero-order valence-corrected chi connectivity index (χ0v) is 10.3. The van der Waals surface area contributed by atoms with Gasteiger partial charge in [-0.1, -0.05) is 26.0 Å². The highest BCUT2D eigenvalue weighted by Gasteiger charge is 1.98. The molecule has 16 heavy (non-hydrogen) atoms. The molecule has 1 aromatic rings. The van der Waals surface area contributed by atoms with Crippen LogP contribution in [0.2, 0.25) is 0 Å². The van der Waals surface area contributed by atoms with Crippen molar-refractivity contribution in [2.24, 2.45) is 0 Å². The van der Waals surface area contributed by atoms with Crippen LogP contribution >= 0.6 is 11.8 Å². The molecular weight excluding hydrogens is 224 g/mol. The van der Waals surface area contributed by atoms with Crippen LogP contribution in [0.25, 0.3) is 0 Å². The highest BCUT2D eigenvalue weighted by molar-refractivity contribution is 7.99. The average Bonchev–Trinajstić information content (AvgIpc) is 2.28. The fourth-order valence-electron chi connectivity index (χ4n) is 1.07. The van der Waals surface area contributed by atoms with Crippen LogP contribution in [-0.2, 0) is 15.3 Å². The number of hydrogen-bond donors (Lipinski definition) is 0. The zero-order valence-electron chi connectivity index (χ0n) is 9.51. The van der Waals surface area contributed by atoms with Gasteiger partial charge in [0.25, 0.3) is 6.47 Å². The standard InChI is InChI=1S/C12H16O3S/c1-10(2)16-7-11-3-5-12(6-4-11)15-9-14-8-13/h3-6,8,10H,7,9H2,1-2H3. The second kappa shape index (κ2) is 7.17. The number of rotatable bonds is 7. The molecule has 0 aromatic heterocycles. The molecule has 0 amide bonds. The maximum atomic E-state index is 9.89. The van der Waals surface area contributed by atoms with E-state index in [1.165, 1.54) is 5.56 Å². The minimum absolute atomic E-state index is 0.0381. The van der Waals surface area contributed by atoms with Crippen molar-refractivity contribution in [1.29, 1.82) is 0 Å². The minimum atomic E-state index is -0.0381. The Bertz CT molecular complexity index is 309. The first-order valence-electron chi connectivity index (χ1n) is 5.11. The van der Waals surface area contributed by atoms with E-state index in [2.05, 4.69) is 18.6 Å². The maximum absolute atomic E-state index is 9.89. The van der Waals surface area contributed by atoms with Crippen molar-refractivity contribution in [3.63, 3.8) is 0 Å². The summed E-state index contributed by atoms with van der Waals surface area (Å²) in [6, 6.07) is 7.80. The molecule has 0 aliphatic carbocycles. The molecule has 0 heterocycles. The van der Waals surface area contributed by atoms with Crippen LogP contribution in [0.3, 0.4) is 0 Å². The molecule has 0 aliphatic rings. The van der Waals surface area contributed by atoms with Gasteiger partial charge in [0.2, 0.25) is 6.79 Å². The van der Waals surface area contributed by atoms with Crippen LogP contribution in [0.1, 0.15) is 19.4 Å². The molecule has 0 spiro atoms. The molecule has 0 N–H and O–H groups in total. The molecule has 0 radical (unpaired) electrons. The summed E-state index contributed by atoms with van der Waals surface area (Å²) in [5.41, 5.74) is 1.27. The SMILES string of the molecule is CC(C)SCc1ccc(OCOC=O)cc1. The molecule has 1 aromatic carbocycles. The third-order valence-electron chi connectivity index (χ3n) is 1.87. The summed E-state index contributed by atoms with van der Waals surface area (Å²) in [6.07, 6.45) is 0. The average molecular weight is 240 g/mol. The first kappa shape index (κ1) is 12.9. The highest BCUT2D eigenvalue weighted by Crippen LogP contribution is 2.19. The molecule has 4 heteroatoms. The number of carbonyl (C=O) groups is 1. The number of carbonyl (C=O) groups excluding carboxylic acids is 1. The van der Waals surface area contributed by atoms with Gasteiger partial charge >= 0.3 is 0 Å². The fourth-order valence-corrected chi connectivity index (χ4v) is 1.79. The predicted molar refractivity (Wildman–Crippen MR) is 65.5 cm³/mol. The number of hydrogen-bond acceptors (Lipinski definition) is 4. The smallest absolute Gasteiger partial charge is 0.295 e. The first-order valence-corrected chi connectivity index (χ1v) is 6.16. The van der Waals surface area contributed by atoms with Gasteiger partial charge in [-0.05, 0) is 22.9 Å². The lowest BCUT2D eigenvalue weighted by Gasteiger charge is -2.07. The lowest BCUT2D eigenvalue weighted by atomic mass is 10.2. The Morgan fingerprint density at radius 3 is 2.56 bits per heavy atom. The Labute approximate surface area is 100 Å². The van der Waals surface area contributed by atoms with E-state index in [-0.39, 0.29) is 6.79 Å². The van der Waals surface area contributed by atoms with Crippen molar-refractivity contribution in [3.05, 3.63) is 29.8 Å². The van der Waals surface area contributed by atoms with Crippen LogP contribution < -0.4 is 4.74 Å². The zero-order chi connectivity index (χ0) is 11.8. The Hall–Kier alpha value is -1.16. The summed E-state index contributed by atoms with van der Waals surface area (Å²) < 4.78 is 9.61. The molecule has 0 fully saturated rings. The maximum Gasteiger partial charge on any atom is 0.295 e. The molecule has 0 saturated heterocycles. The Balaban J connectivity index is 2.38. The van der Waals surface area contributed by atoms with Gasteiger partial charge < -0.3 is 9.47 Å². The van der Waals surface area contributed by atoms with Gasteiger partial charge in [-0.2, -0.15) is 11.8 Å². The molecule has 88 valence electrons. The van der Waals surface area contributed by atoms with Gasteiger partial charge in [-0.15, -0.1) is 0 Å². The normalized spacial score (nSPS) is 10.2. The summed E-state index contributed by atoms with van der Waals surface area (Å²) >= 11 is 1.90. The predicted octanol–water partition coefficient (Wildman–Crippen LogP) is 2.84. The molecule has 1 rings (SSSR count). The number of thioether (sulfide) groups is 1. The van der Waals surface area contributed by atoms with Crippen molar-refractivity contribution >= 4 is 18.2 Å². The molecule has 3 nitrogen and oxygen atoms in total. The topological polar surface area (TPSA) is 35.5 Å². The summed E-state index contributed by atoms with van der Waals surface area (Å²) in [7, 11) is 0. The third-order valence-corrected chi connectivity index (χ3v) is 3.04. The van der Waals surface area contributed by atoms with Crippen molar-refractivity contribution in [3.8, 4) is 5.75 Å². The quantitative estimate of drug-likeness (QED) is 0.417. The summed E-state index contributed by atoms with van der Waals surface area (Å²) in [5, 5.41) is 0.636.